The number of para-hydroxylation sites is 3. The molecular weight excluding hydrogens is 337 g/mol. The lowest BCUT2D eigenvalue weighted by Crippen LogP contribution is -2.11. The normalized spacial score (nSPS) is 10.5. The summed E-state index contributed by atoms with van der Waals surface area (Å²) in [5, 5.41) is 1.88. The van der Waals surface area contributed by atoms with Gasteiger partial charge in [-0.15, -0.1) is 0 Å². The van der Waals surface area contributed by atoms with E-state index >= 15 is 0 Å². The maximum absolute atomic E-state index is 6.40. The van der Waals surface area contributed by atoms with Gasteiger partial charge in [-0.3, -0.25) is 0 Å². The van der Waals surface area contributed by atoms with Crippen molar-refractivity contribution in [3.8, 4) is 0 Å². The zero-order chi connectivity index (χ0) is 15.5. The molecule has 0 aromatic heterocycles. The van der Waals surface area contributed by atoms with Crippen molar-refractivity contribution in [1.82, 2.24) is 0 Å². The van der Waals surface area contributed by atoms with Gasteiger partial charge >= 0.3 is 0 Å². The van der Waals surface area contributed by atoms with Gasteiger partial charge in [-0.25, -0.2) is 0 Å². The molecule has 3 aromatic rings. The minimum atomic E-state index is 0.627. The van der Waals surface area contributed by atoms with Gasteiger partial charge in [0.15, 0.2) is 0 Å². The van der Waals surface area contributed by atoms with Crippen LogP contribution in [0.5, 0.6) is 0 Å². The molecule has 1 nitrogen and oxygen atoms in total. The number of benzene rings is 3. The third-order valence-electron chi connectivity index (χ3n) is 3.28. The molecule has 0 spiro atoms. The largest absolute Gasteiger partial charge is 0.306 e. The number of hydrogen-bond acceptors (Lipinski definition) is 1. The lowest BCUT2D eigenvalue weighted by molar-refractivity contribution is 1.28. The van der Waals surface area contributed by atoms with Crippen LogP contribution >= 0.6 is 34.8 Å². The second-order valence-corrected chi connectivity index (χ2v) is 5.91. The van der Waals surface area contributed by atoms with Gasteiger partial charge in [-0.1, -0.05) is 71.2 Å². The molecule has 110 valence electrons. The Morgan fingerprint density at radius 1 is 0.455 bits per heavy atom. The third kappa shape index (κ3) is 2.93. The zero-order valence-corrected chi connectivity index (χ0v) is 13.8. The Bertz CT molecular complexity index is 693. The molecule has 0 unspecified atom stereocenters. The van der Waals surface area contributed by atoms with Crippen molar-refractivity contribution in [3.05, 3.63) is 87.9 Å². The predicted molar refractivity (Wildman–Crippen MR) is 96.2 cm³/mol. The van der Waals surface area contributed by atoms with Crippen LogP contribution in [0.15, 0.2) is 72.8 Å². The quantitative estimate of drug-likeness (QED) is 0.487. The fraction of sp³-hybridized carbons (Fsp3) is 0. The summed E-state index contributed by atoms with van der Waals surface area (Å²) in [6.45, 7) is 0. The predicted octanol–water partition coefficient (Wildman–Crippen LogP) is 7.12. The molecule has 0 saturated heterocycles. The van der Waals surface area contributed by atoms with Crippen LogP contribution in [0, 0.1) is 0 Å². The highest BCUT2D eigenvalue weighted by Gasteiger charge is 2.19. The van der Waals surface area contributed by atoms with E-state index in [-0.39, 0.29) is 0 Å². The van der Waals surface area contributed by atoms with E-state index in [4.69, 9.17) is 34.8 Å². The molecule has 4 heteroatoms. The molecule has 0 amide bonds. The Morgan fingerprint density at radius 3 is 1.00 bits per heavy atom. The van der Waals surface area contributed by atoms with Gasteiger partial charge in [0.05, 0.1) is 32.1 Å². The van der Waals surface area contributed by atoms with Crippen LogP contribution in [0.25, 0.3) is 0 Å². The van der Waals surface area contributed by atoms with E-state index in [1.165, 1.54) is 0 Å². The lowest BCUT2D eigenvalue weighted by Gasteiger charge is -2.27. The average Bonchev–Trinajstić information content (AvgIpc) is 2.53. The van der Waals surface area contributed by atoms with E-state index in [1.807, 2.05) is 77.7 Å². The minimum Gasteiger partial charge on any atom is -0.306 e. The van der Waals surface area contributed by atoms with Gasteiger partial charge in [0.2, 0.25) is 0 Å². The Balaban J connectivity index is 2.27. The summed E-state index contributed by atoms with van der Waals surface area (Å²) in [6.07, 6.45) is 0. The summed E-state index contributed by atoms with van der Waals surface area (Å²) in [5.41, 5.74) is 2.47. The summed E-state index contributed by atoms with van der Waals surface area (Å²) < 4.78 is 0. The minimum absolute atomic E-state index is 0.627. The summed E-state index contributed by atoms with van der Waals surface area (Å²) in [5.74, 6) is 0. The maximum Gasteiger partial charge on any atom is 0.0649 e. The molecule has 0 aliphatic heterocycles. The van der Waals surface area contributed by atoms with Gasteiger partial charge in [0.1, 0.15) is 0 Å². The Labute approximate surface area is 144 Å². The van der Waals surface area contributed by atoms with E-state index in [1.54, 1.807) is 0 Å². The van der Waals surface area contributed by atoms with Crippen molar-refractivity contribution in [2.75, 3.05) is 4.90 Å². The van der Waals surface area contributed by atoms with Crippen LogP contribution in [0.3, 0.4) is 0 Å². The number of nitrogens with zero attached hydrogens (tertiary/aromatic N) is 1. The first-order valence-corrected chi connectivity index (χ1v) is 7.85. The zero-order valence-electron chi connectivity index (χ0n) is 11.5. The fourth-order valence-corrected chi connectivity index (χ4v) is 2.95. The molecule has 0 aliphatic carbocycles. The lowest BCUT2D eigenvalue weighted by atomic mass is 10.2. The SMILES string of the molecule is Clc1ccccc1N(c1ccccc1Cl)c1ccccc1Cl. The van der Waals surface area contributed by atoms with Crippen molar-refractivity contribution < 1.29 is 0 Å². The van der Waals surface area contributed by atoms with Crippen molar-refractivity contribution in [1.29, 1.82) is 0 Å². The topological polar surface area (TPSA) is 3.24 Å². The van der Waals surface area contributed by atoms with Gasteiger partial charge in [-0.2, -0.15) is 0 Å². The van der Waals surface area contributed by atoms with E-state index < -0.39 is 0 Å². The summed E-state index contributed by atoms with van der Waals surface area (Å²) in [4.78, 5) is 1.97. The molecule has 0 radical (unpaired) electrons. The molecule has 0 N–H and O–H groups in total. The fourth-order valence-electron chi connectivity index (χ4n) is 2.29. The molecule has 0 bridgehead atoms. The molecule has 0 atom stereocenters. The number of rotatable bonds is 3. The van der Waals surface area contributed by atoms with Crippen LogP contribution < -0.4 is 4.90 Å². The van der Waals surface area contributed by atoms with Gasteiger partial charge < -0.3 is 4.90 Å². The third-order valence-corrected chi connectivity index (χ3v) is 4.24. The summed E-state index contributed by atoms with van der Waals surface area (Å²) in [7, 11) is 0. The van der Waals surface area contributed by atoms with Crippen molar-refractivity contribution in [3.63, 3.8) is 0 Å². The van der Waals surface area contributed by atoms with E-state index in [0.717, 1.165) is 17.1 Å². The number of anilines is 3. The van der Waals surface area contributed by atoms with Gasteiger partial charge in [-0.05, 0) is 36.4 Å². The highest BCUT2D eigenvalue weighted by molar-refractivity contribution is 6.36. The van der Waals surface area contributed by atoms with Crippen LogP contribution in [-0.2, 0) is 0 Å². The monoisotopic (exact) mass is 347 g/mol. The highest BCUT2D eigenvalue weighted by Crippen LogP contribution is 2.43. The van der Waals surface area contributed by atoms with Gasteiger partial charge in [0.25, 0.3) is 0 Å². The van der Waals surface area contributed by atoms with Crippen LogP contribution in [-0.4, -0.2) is 0 Å². The smallest absolute Gasteiger partial charge is 0.0649 e. The Morgan fingerprint density at radius 2 is 0.727 bits per heavy atom. The first-order valence-electron chi connectivity index (χ1n) is 6.72. The molecule has 0 heterocycles. The second-order valence-electron chi connectivity index (χ2n) is 4.69. The van der Waals surface area contributed by atoms with Crippen molar-refractivity contribution >= 4 is 51.9 Å². The van der Waals surface area contributed by atoms with E-state index in [9.17, 15) is 0 Å². The van der Waals surface area contributed by atoms with E-state index in [2.05, 4.69) is 0 Å². The van der Waals surface area contributed by atoms with E-state index in [0.29, 0.717) is 15.1 Å². The van der Waals surface area contributed by atoms with Gasteiger partial charge in [0, 0.05) is 0 Å². The Hall–Kier alpha value is -1.67. The second kappa shape index (κ2) is 6.62. The highest BCUT2D eigenvalue weighted by atomic mass is 35.5. The maximum atomic E-state index is 6.40. The molecule has 0 fully saturated rings. The Kier molecular flexibility index (Phi) is 4.58. The average molecular weight is 349 g/mol. The molecule has 3 rings (SSSR count). The molecule has 22 heavy (non-hydrogen) atoms. The first-order chi connectivity index (χ1) is 10.7. The number of halogens is 3. The standard InChI is InChI=1S/C18H12Cl3N/c19-13-7-1-4-10-16(13)22(17-11-5-2-8-14(17)20)18-12-6-3-9-15(18)21/h1-12H. The first kappa shape index (κ1) is 15.2. The summed E-state index contributed by atoms with van der Waals surface area (Å²) >= 11 is 19.2. The van der Waals surface area contributed by atoms with Crippen LogP contribution in [0.4, 0.5) is 17.1 Å². The molecule has 0 aliphatic rings. The molecule has 3 aromatic carbocycles. The van der Waals surface area contributed by atoms with Crippen molar-refractivity contribution in [2.24, 2.45) is 0 Å². The van der Waals surface area contributed by atoms with Crippen LogP contribution in [0.1, 0.15) is 0 Å². The summed E-state index contributed by atoms with van der Waals surface area (Å²) in [6, 6.07) is 22.8. The van der Waals surface area contributed by atoms with Crippen molar-refractivity contribution in [2.45, 2.75) is 0 Å². The van der Waals surface area contributed by atoms with Crippen LogP contribution in [0.2, 0.25) is 15.1 Å². The number of hydrogen-bond donors (Lipinski definition) is 0. The molecular formula is C18H12Cl3N. The molecule has 0 saturated carbocycles.